The minimum absolute atomic E-state index is 0.542. The van der Waals surface area contributed by atoms with Gasteiger partial charge in [-0.2, -0.15) is 0 Å². The lowest BCUT2D eigenvalue weighted by Gasteiger charge is -2.27. The van der Waals surface area contributed by atoms with Gasteiger partial charge in [-0.05, 0) is 12.3 Å². The largest absolute Gasteiger partial charge is 0.372 e. The van der Waals surface area contributed by atoms with Crippen LogP contribution in [0.2, 0.25) is 0 Å². The molecule has 2 unspecified atom stereocenters. The highest BCUT2D eigenvalue weighted by Gasteiger charge is 2.36. The highest BCUT2D eigenvalue weighted by Crippen LogP contribution is 2.33. The monoisotopic (exact) mass is 127 g/mol. The van der Waals surface area contributed by atoms with E-state index < -0.39 is 0 Å². The third-order valence-electron chi connectivity index (χ3n) is 2.15. The van der Waals surface area contributed by atoms with Gasteiger partial charge in [-0.1, -0.05) is 6.92 Å². The topological polar surface area (TPSA) is 21.3 Å². The third kappa shape index (κ3) is 1.10. The minimum atomic E-state index is 0.542. The van der Waals surface area contributed by atoms with Crippen LogP contribution in [0.3, 0.4) is 0 Å². The molecule has 1 heterocycles. The summed E-state index contributed by atoms with van der Waals surface area (Å²) in [7, 11) is 0. The Hall–Kier alpha value is -0.0800. The SMILES string of the molecule is CC1CC1OC1CNC1. The molecule has 0 amide bonds. The van der Waals surface area contributed by atoms with Gasteiger partial charge in [-0.15, -0.1) is 0 Å². The molecule has 1 aliphatic carbocycles. The molecule has 2 nitrogen and oxygen atoms in total. The molecule has 1 saturated heterocycles. The van der Waals surface area contributed by atoms with Gasteiger partial charge in [0.25, 0.3) is 0 Å². The molecular weight excluding hydrogens is 114 g/mol. The van der Waals surface area contributed by atoms with Crippen LogP contribution < -0.4 is 5.32 Å². The van der Waals surface area contributed by atoms with Crippen molar-refractivity contribution in [3.05, 3.63) is 0 Å². The molecule has 0 spiro atoms. The molecule has 0 bridgehead atoms. The van der Waals surface area contributed by atoms with Crippen molar-refractivity contribution >= 4 is 0 Å². The Morgan fingerprint density at radius 1 is 1.44 bits per heavy atom. The maximum Gasteiger partial charge on any atom is 0.0827 e. The Kier molecular flexibility index (Phi) is 1.24. The summed E-state index contributed by atoms with van der Waals surface area (Å²) in [6, 6.07) is 0. The second-order valence-electron chi connectivity index (χ2n) is 3.17. The van der Waals surface area contributed by atoms with Crippen LogP contribution in [0.1, 0.15) is 13.3 Å². The average molecular weight is 127 g/mol. The summed E-state index contributed by atoms with van der Waals surface area (Å²) in [6.45, 7) is 4.39. The van der Waals surface area contributed by atoms with Crippen molar-refractivity contribution in [3.8, 4) is 0 Å². The maximum atomic E-state index is 5.65. The molecule has 0 aromatic heterocycles. The molecule has 1 saturated carbocycles. The van der Waals surface area contributed by atoms with E-state index >= 15 is 0 Å². The summed E-state index contributed by atoms with van der Waals surface area (Å²) in [5, 5.41) is 3.18. The van der Waals surface area contributed by atoms with E-state index in [-0.39, 0.29) is 0 Å². The van der Waals surface area contributed by atoms with Crippen molar-refractivity contribution in [1.29, 1.82) is 0 Å². The fourth-order valence-corrected chi connectivity index (χ4v) is 1.08. The average Bonchev–Trinajstić information content (AvgIpc) is 2.36. The van der Waals surface area contributed by atoms with E-state index in [2.05, 4.69) is 12.2 Å². The predicted molar refractivity (Wildman–Crippen MR) is 35.3 cm³/mol. The van der Waals surface area contributed by atoms with Gasteiger partial charge in [-0.3, -0.25) is 0 Å². The molecule has 2 heteroatoms. The van der Waals surface area contributed by atoms with E-state index in [1.807, 2.05) is 0 Å². The zero-order valence-corrected chi connectivity index (χ0v) is 5.76. The van der Waals surface area contributed by atoms with Gasteiger partial charge in [0.05, 0.1) is 12.2 Å². The molecule has 2 atom stereocenters. The van der Waals surface area contributed by atoms with Gasteiger partial charge >= 0.3 is 0 Å². The molecule has 2 fully saturated rings. The van der Waals surface area contributed by atoms with E-state index in [1.165, 1.54) is 6.42 Å². The Bertz CT molecular complexity index is 109. The maximum absolute atomic E-state index is 5.65. The smallest absolute Gasteiger partial charge is 0.0827 e. The summed E-state index contributed by atoms with van der Waals surface area (Å²) < 4.78 is 5.65. The van der Waals surface area contributed by atoms with E-state index in [0.29, 0.717) is 12.2 Å². The summed E-state index contributed by atoms with van der Waals surface area (Å²) in [5.74, 6) is 0.839. The Balaban J connectivity index is 1.66. The lowest BCUT2D eigenvalue weighted by Crippen LogP contribution is -2.48. The number of hydrogen-bond donors (Lipinski definition) is 1. The van der Waals surface area contributed by atoms with Gasteiger partial charge in [-0.25, -0.2) is 0 Å². The van der Waals surface area contributed by atoms with Crippen LogP contribution >= 0.6 is 0 Å². The lowest BCUT2D eigenvalue weighted by atomic mass is 10.2. The summed E-state index contributed by atoms with van der Waals surface area (Å²) >= 11 is 0. The van der Waals surface area contributed by atoms with Gasteiger partial charge in [0.15, 0.2) is 0 Å². The van der Waals surface area contributed by atoms with Crippen molar-refractivity contribution < 1.29 is 4.74 Å². The molecule has 1 aliphatic heterocycles. The van der Waals surface area contributed by atoms with Crippen molar-refractivity contribution in [2.75, 3.05) is 13.1 Å². The van der Waals surface area contributed by atoms with Crippen LogP contribution in [-0.2, 0) is 4.74 Å². The Morgan fingerprint density at radius 2 is 2.11 bits per heavy atom. The second-order valence-corrected chi connectivity index (χ2v) is 3.17. The van der Waals surface area contributed by atoms with Crippen LogP contribution in [0.15, 0.2) is 0 Å². The van der Waals surface area contributed by atoms with E-state index in [9.17, 15) is 0 Å². The van der Waals surface area contributed by atoms with Crippen molar-refractivity contribution in [2.24, 2.45) is 5.92 Å². The van der Waals surface area contributed by atoms with Crippen molar-refractivity contribution in [1.82, 2.24) is 5.32 Å². The van der Waals surface area contributed by atoms with Crippen LogP contribution in [-0.4, -0.2) is 25.3 Å². The minimum Gasteiger partial charge on any atom is -0.372 e. The zero-order valence-electron chi connectivity index (χ0n) is 5.76. The molecular formula is C7H13NO. The fraction of sp³-hybridized carbons (Fsp3) is 1.00. The van der Waals surface area contributed by atoms with E-state index in [1.54, 1.807) is 0 Å². The number of ether oxygens (including phenoxy) is 1. The first kappa shape index (κ1) is 5.69. The third-order valence-corrected chi connectivity index (χ3v) is 2.15. The quantitative estimate of drug-likeness (QED) is 0.579. The summed E-state index contributed by atoms with van der Waals surface area (Å²) in [5.41, 5.74) is 0. The Labute approximate surface area is 55.6 Å². The zero-order chi connectivity index (χ0) is 6.27. The van der Waals surface area contributed by atoms with Crippen LogP contribution in [0.25, 0.3) is 0 Å². The molecule has 52 valence electrons. The molecule has 0 aromatic carbocycles. The van der Waals surface area contributed by atoms with Gasteiger partial charge < -0.3 is 10.1 Å². The molecule has 2 rings (SSSR count). The number of rotatable bonds is 2. The van der Waals surface area contributed by atoms with E-state index in [0.717, 1.165) is 19.0 Å². The summed E-state index contributed by atoms with van der Waals surface area (Å²) in [6.07, 6.45) is 2.44. The first-order valence-electron chi connectivity index (χ1n) is 3.72. The lowest BCUT2D eigenvalue weighted by molar-refractivity contribution is 0.00168. The Morgan fingerprint density at radius 3 is 2.44 bits per heavy atom. The summed E-state index contributed by atoms with van der Waals surface area (Å²) in [4.78, 5) is 0. The number of nitrogens with one attached hydrogen (secondary N) is 1. The standard InChI is InChI=1S/C7H13NO/c1-5-2-7(5)9-6-3-8-4-6/h5-8H,2-4H2,1H3. The van der Waals surface area contributed by atoms with Gasteiger partial charge in [0.2, 0.25) is 0 Å². The highest BCUT2D eigenvalue weighted by atomic mass is 16.5. The second kappa shape index (κ2) is 1.96. The first-order chi connectivity index (χ1) is 4.36. The fourth-order valence-electron chi connectivity index (χ4n) is 1.08. The van der Waals surface area contributed by atoms with Gasteiger partial charge in [0.1, 0.15) is 0 Å². The number of hydrogen-bond acceptors (Lipinski definition) is 2. The normalized spacial score (nSPS) is 42.3. The van der Waals surface area contributed by atoms with Crippen LogP contribution in [0.5, 0.6) is 0 Å². The predicted octanol–water partition coefficient (Wildman–Crippen LogP) is 0.383. The first-order valence-corrected chi connectivity index (χ1v) is 3.72. The highest BCUT2D eigenvalue weighted by molar-refractivity contribution is 4.87. The molecule has 0 aromatic rings. The molecule has 0 radical (unpaired) electrons. The molecule has 2 aliphatic rings. The van der Waals surface area contributed by atoms with Crippen molar-refractivity contribution in [3.63, 3.8) is 0 Å². The van der Waals surface area contributed by atoms with Crippen LogP contribution in [0.4, 0.5) is 0 Å². The van der Waals surface area contributed by atoms with E-state index in [4.69, 9.17) is 4.74 Å². The molecule has 9 heavy (non-hydrogen) atoms. The van der Waals surface area contributed by atoms with Crippen LogP contribution in [0, 0.1) is 5.92 Å². The van der Waals surface area contributed by atoms with Gasteiger partial charge in [0, 0.05) is 13.1 Å². The molecule has 1 N–H and O–H groups in total. The van der Waals surface area contributed by atoms with Crippen molar-refractivity contribution in [2.45, 2.75) is 25.6 Å².